The van der Waals surface area contributed by atoms with E-state index in [0.717, 1.165) is 5.56 Å². The Hall–Kier alpha value is -0.650. The van der Waals surface area contributed by atoms with Gasteiger partial charge in [0.25, 0.3) is 0 Å². The third-order valence-electron chi connectivity index (χ3n) is 2.64. The summed E-state index contributed by atoms with van der Waals surface area (Å²) in [4.78, 5) is 1.93. The molecule has 0 fully saturated rings. The number of alkyl halides is 1. The van der Waals surface area contributed by atoms with Gasteiger partial charge in [-0.2, -0.15) is 0 Å². The summed E-state index contributed by atoms with van der Waals surface area (Å²) < 4.78 is 24.1. The normalized spacial score (nSPS) is 10.7. The average molecular weight is 320 g/mol. The molecule has 1 aromatic rings. The van der Waals surface area contributed by atoms with E-state index in [9.17, 15) is 4.39 Å². The first-order valence-electron chi connectivity index (χ1n) is 5.80. The molecule has 0 spiro atoms. The van der Waals surface area contributed by atoms with Crippen LogP contribution in [0.5, 0.6) is 0 Å². The Morgan fingerprint density at radius 2 is 1.78 bits per heavy atom. The highest BCUT2D eigenvalue weighted by Gasteiger charge is 2.11. The van der Waals surface area contributed by atoms with Crippen LogP contribution in [0.3, 0.4) is 0 Å². The fourth-order valence-electron chi connectivity index (χ4n) is 1.65. The minimum Gasteiger partial charge on any atom is -0.383 e. The maximum absolute atomic E-state index is 14.0. The van der Waals surface area contributed by atoms with Gasteiger partial charge in [-0.15, -0.1) is 0 Å². The number of hydrogen-bond acceptors (Lipinski definition) is 3. The van der Waals surface area contributed by atoms with E-state index in [1.165, 1.54) is 0 Å². The van der Waals surface area contributed by atoms with Crippen LogP contribution >= 0.6 is 15.9 Å². The lowest BCUT2D eigenvalue weighted by atomic mass is 10.2. The van der Waals surface area contributed by atoms with Crippen LogP contribution in [0.15, 0.2) is 18.2 Å². The van der Waals surface area contributed by atoms with Gasteiger partial charge in [-0.1, -0.05) is 22.0 Å². The molecule has 0 bridgehead atoms. The summed E-state index contributed by atoms with van der Waals surface area (Å²) >= 11 is 3.32. The molecule has 0 saturated carbocycles. The van der Waals surface area contributed by atoms with E-state index < -0.39 is 0 Å². The van der Waals surface area contributed by atoms with Gasteiger partial charge in [0.05, 0.1) is 18.9 Å². The van der Waals surface area contributed by atoms with Gasteiger partial charge in [-0.25, -0.2) is 4.39 Å². The average Bonchev–Trinajstić information content (AvgIpc) is 2.39. The predicted molar refractivity (Wildman–Crippen MR) is 75.0 cm³/mol. The molecule has 0 aliphatic carbocycles. The molecule has 102 valence electrons. The summed E-state index contributed by atoms with van der Waals surface area (Å²) in [6, 6.07) is 5.27. The monoisotopic (exact) mass is 319 g/mol. The van der Waals surface area contributed by atoms with Crippen molar-refractivity contribution in [1.82, 2.24) is 0 Å². The first-order valence-corrected chi connectivity index (χ1v) is 6.92. The number of hydrogen-bond donors (Lipinski definition) is 0. The molecule has 0 saturated heterocycles. The van der Waals surface area contributed by atoms with E-state index in [1.54, 1.807) is 26.4 Å². The Bertz CT molecular complexity index is 355. The van der Waals surface area contributed by atoms with Gasteiger partial charge in [0.1, 0.15) is 5.82 Å². The lowest BCUT2D eigenvalue weighted by molar-refractivity contribution is 0.190. The Kier molecular flexibility index (Phi) is 7.23. The molecule has 18 heavy (non-hydrogen) atoms. The molecular formula is C13H19BrFNO2. The van der Waals surface area contributed by atoms with Gasteiger partial charge >= 0.3 is 0 Å². The summed E-state index contributed by atoms with van der Waals surface area (Å²) in [5, 5.41) is 0.653. The van der Waals surface area contributed by atoms with E-state index in [2.05, 4.69) is 15.9 Å². The summed E-state index contributed by atoms with van der Waals surface area (Å²) in [5.41, 5.74) is 1.52. The lowest BCUT2D eigenvalue weighted by Crippen LogP contribution is -2.31. The standard InChI is InChI=1S/C13H19BrFNO2/c1-17-7-5-16(6-8-18-2)13-4-3-11(10-14)9-12(13)15/h3-4,9H,5-8,10H2,1-2H3. The predicted octanol–water partition coefficient (Wildman–Crippen LogP) is 2.82. The lowest BCUT2D eigenvalue weighted by Gasteiger charge is -2.24. The highest BCUT2D eigenvalue weighted by Crippen LogP contribution is 2.21. The molecule has 0 unspecified atom stereocenters. The molecule has 0 atom stereocenters. The van der Waals surface area contributed by atoms with Crippen LogP contribution in [0.4, 0.5) is 10.1 Å². The van der Waals surface area contributed by atoms with E-state index in [-0.39, 0.29) is 5.82 Å². The second kappa shape index (κ2) is 8.45. The van der Waals surface area contributed by atoms with Crippen LogP contribution in [-0.4, -0.2) is 40.5 Å². The SMILES string of the molecule is COCCN(CCOC)c1ccc(CBr)cc1F. The minimum atomic E-state index is -0.209. The maximum Gasteiger partial charge on any atom is 0.146 e. The molecule has 0 heterocycles. The maximum atomic E-state index is 14.0. The molecule has 1 aromatic carbocycles. The highest BCUT2D eigenvalue weighted by atomic mass is 79.9. The van der Waals surface area contributed by atoms with Crippen LogP contribution in [0.1, 0.15) is 5.56 Å². The van der Waals surface area contributed by atoms with Crippen molar-refractivity contribution in [2.75, 3.05) is 45.4 Å². The Morgan fingerprint density at radius 1 is 1.17 bits per heavy atom. The third kappa shape index (κ3) is 4.55. The van der Waals surface area contributed by atoms with Crippen molar-refractivity contribution in [3.63, 3.8) is 0 Å². The van der Waals surface area contributed by atoms with E-state index >= 15 is 0 Å². The Morgan fingerprint density at radius 3 is 2.22 bits per heavy atom. The largest absolute Gasteiger partial charge is 0.383 e. The molecule has 0 aromatic heterocycles. The van der Waals surface area contributed by atoms with Crippen molar-refractivity contribution in [1.29, 1.82) is 0 Å². The molecule has 0 aliphatic rings. The van der Waals surface area contributed by atoms with Crippen LogP contribution in [0.25, 0.3) is 0 Å². The van der Waals surface area contributed by atoms with Gasteiger partial charge in [-0.05, 0) is 17.7 Å². The zero-order chi connectivity index (χ0) is 13.4. The van der Waals surface area contributed by atoms with E-state index in [0.29, 0.717) is 37.3 Å². The summed E-state index contributed by atoms with van der Waals surface area (Å²) in [5.74, 6) is -0.209. The van der Waals surface area contributed by atoms with E-state index in [4.69, 9.17) is 9.47 Å². The molecule has 0 radical (unpaired) electrons. The van der Waals surface area contributed by atoms with Crippen LogP contribution in [-0.2, 0) is 14.8 Å². The van der Waals surface area contributed by atoms with Crippen LogP contribution < -0.4 is 4.90 Å². The van der Waals surface area contributed by atoms with Crippen LogP contribution in [0, 0.1) is 5.82 Å². The molecular weight excluding hydrogens is 301 g/mol. The first kappa shape index (κ1) is 15.4. The van der Waals surface area contributed by atoms with Crippen molar-refractivity contribution in [2.45, 2.75) is 5.33 Å². The molecule has 0 amide bonds. The van der Waals surface area contributed by atoms with Gasteiger partial charge in [0, 0.05) is 32.6 Å². The zero-order valence-corrected chi connectivity index (χ0v) is 12.4. The van der Waals surface area contributed by atoms with Crippen molar-refractivity contribution < 1.29 is 13.9 Å². The number of methoxy groups -OCH3 is 2. The third-order valence-corrected chi connectivity index (χ3v) is 3.29. The quantitative estimate of drug-likeness (QED) is 0.688. The summed E-state index contributed by atoms with van der Waals surface area (Å²) in [6.07, 6.45) is 0. The zero-order valence-electron chi connectivity index (χ0n) is 10.8. The fraction of sp³-hybridized carbons (Fsp3) is 0.538. The Labute approximate surface area is 116 Å². The molecule has 0 aliphatic heterocycles. The first-order chi connectivity index (χ1) is 8.72. The number of nitrogens with zero attached hydrogens (tertiary/aromatic N) is 1. The van der Waals surface area contributed by atoms with E-state index in [1.807, 2.05) is 11.0 Å². The van der Waals surface area contributed by atoms with Crippen molar-refractivity contribution in [3.05, 3.63) is 29.6 Å². The van der Waals surface area contributed by atoms with Gasteiger partial charge in [-0.3, -0.25) is 0 Å². The topological polar surface area (TPSA) is 21.7 Å². The number of anilines is 1. The number of halogens is 2. The van der Waals surface area contributed by atoms with Gasteiger partial charge < -0.3 is 14.4 Å². The Balaban J connectivity index is 2.82. The number of rotatable bonds is 8. The van der Waals surface area contributed by atoms with Crippen molar-refractivity contribution in [2.24, 2.45) is 0 Å². The molecule has 3 nitrogen and oxygen atoms in total. The van der Waals surface area contributed by atoms with Crippen LogP contribution in [0.2, 0.25) is 0 Å². The van der Waals surface area contributed by atoms with Gasteiger partial charge in [0.2, 0.25) is 0 Å². The summed E-state index contributed by atoms with van der Waals surface area (Å²) in [7, 11) is 3.28. The van der Waals surface area contributed by atoms with Gasteiger partial charge in [0.15, 0.2) is 0 Å². The number of benzene rings is 1. The highest BCUT2D eigenvalue weighted by molar-refractivity contribution is 9.08. The fourth-order valence-corrected chi connectivity index (χ4v) is 1.99. The van der Waals surface area contributed by atoms with Crippen molar-refractivity contribution in [3.8, 4) is 0 Å². The minimum absolute atomic E-state index is 0.209. The molecule has 0 N–H and O–H groups in total. The van der Waals surface area contributed by atoms with Crippen molar-refractivity contribution >= 4 is 21.6 Å². The summed E-state index contributed by atoms with van der Waals surface area (Å²) in [6.45, 7) is 2.40. The molecule has 1 rings (SSSR count). The molecule has 5 heteroatoms. The second-order valence-electron chi connectivity index (χ2n) is 3.89. The second-order valence-corrected chi connectivity index (χ2v) is 4.45. The smallest absolute Gasteiger partial charge is 0.146 e. The number of ether oxygens (including phenoxy) is 2.